The number of carboxylic acids is 1. The number of nitrogens with zero attached hydrogens (tertiary/aromatic N) is 1. The smallest absolute Gasteiger partial charge is 0.328 e. The van der Waals surface area contributed by atoms with Crippen LogP contribution in [0, 0.1) is 5.82 Å². The summed E-state index contributed by atoms with van der Waals surface area (Å²) in [5.74, 6) is -1.41. The van der Waals surface area contributed by atoms with Crippen LogP contribution in [0.2, 0.25) is 0 Å². The van der Waals surface area contributed by atoms with E-state index < -0.39 is 17.3 Å². The van der Waals surface area contributed by atoms with Gasteiger partial charge in [0.15, 0.2) is 0 Å². The number of hydrogen-bond acceptors (Lipinski definition) is 3. The van der Waals surface area contributed by atoms with Gasteiger partial charge in [-0.25, -0.2) is 9.18 Å². The van der Waals surface area contributed by atoms with Gasteiger partial charge in [-0.2, -0.15) is 0 Å². The average molecular weight is 268 g/mol. The van der Waals surface area contributed by atoms with Crippen LogP contribution in [0.5, 0.6) is 0 Å². The lowest BCUT2D eigenvalue weighted by molar-refractivity contribution is -0.145. The Labute approximate surface area is 113 Å². The summed E-state index contributed by atoms with van der Waals surface area (Å²) in [5, 5.41) is 12.6. The summed E-state index contributed by atoms with van der Waals surface area (Å²) in [5.41, 5.74) is -0.792. The summed E-state index contributed by atoms with van der Waals surface area (Å²) in [6.07, 6.45) is 0.346. The molecule has 1 rings (SSSR count). The second kappa shape index (κ2) is 6.63. The zero-order chi connectivity index (χ0) is 14.5. The molecule has 0 saturated carbocycles. The fourth-order valence-corrected chi connectivity index (χ4v) is 2.03. The molecular formula is C14H21FN2O2. The van der Waals surface area contributed by atoms with Crippen LogP contribution in [0.25, 0.3) is 0 Å². The van der Waals surface area contributed by atoms with E-state index >= 15 is 0 Å². The highest BCUT2D eigenvalue weighted by atomic mass is 19.1. The predicted octanol–water partition coefficient (Wildman–Crippen LogP) is 1.67. The molecule has 1 unspecified atom stereocenters. The number of aliphatic carboxylic acids is 1. The first kappa shape index (κ1) is 15.6. The third kappa shape index (κ3) is 3.75. The lowest BCUT2D eigenvalue weighted by Gasteiger charge is -2.30. The van der Waals surface area contributed by atoms with E-state index in [1.54, 1.807) is 13.0 Å². The van der Waals surface area contributed by atoms with Crippen molar-refractivity contribution in [2.24, 2.45) is 0 Å². The van der Waals surface area contributed by atoms with Crippen LogP contribution in [-0.4, -0.2) is 43.2 Å². The van der Waals surface area contributed by atoms with Crippen LogP contribution in [0.4, 0.5) is 4.39 Å². The van der Waals surface area contributed by atoms with E-state index in [0.717, 1.165) is 0 Å². The molecule has 106 valence electrons. The highest BCUT2D eigenvalue weighted by Crippen LogP contribution is 2.26. The lowest BCUT2D eigenvalue weighted by Crippen LogP contribution is -2.50. The van der Waals surface area contributed by atoms with Gasteiger partial charge in [0.2, 0.25) is 0 Å². The number of likely N-dealkylation sites (N-methyl/N-ethyl adjacent to an activating group) is 1. The van der Waals surface area contributed by atoms with Gasteiger partial charge in [-0.3, -0.25) is 5.32 Å². The molecule has 0 radical (unpaired) electrons. The molecule has 1 aromatic carbocycles. The predicted molar refractivity (Wildman–Crippen MR) is 72.6 cm³/mol. The van der Waals surface area contributed by atoms with Gasteiger partial charge < -0.3 is 10.0 Å². The standard InChI is InChI=1S/C14H21FN2O2/c1-4-14(13(18)19,16-8-9-17(2)3)11-6-5-7-12(15)10-11/h5-7,10,16H,4,8-9H2,1-3H3,(H,18,19). The van der Waals surface area contributed by atoms with Crippen LogP contribution in [0.3, 0.4) is 0 Å². The second-order valence-electron chi connectivity index (χ2n) is 4.80. The quantitative estimate of drug-likeness (QED) is 0.790. The number of nitrogens with one attached hydrogen (secondary N) is 1. The summed E-state index contributed by atoms with van der Waals surface area (Å²) in [6, 6.07) is 5.76. The number of benzene rings is 1. The monoisotopic (exact) mass is 268 g/mol. The minimum Gasteiger partial charge on any atom is -0.480 e. The van der Waals surface area contributed by atoms with Crippen LogP contribution < -0.4 is 5.32 Å². The van der Waals surface area contributed by atoms with Crippen LogP contribution >= 0.6 is 0 Å². The maximum atomic E-state index is 13.3. The molecular weight excluding hydrogens is 247 g/mol. The first-order chi connectivity index (χ1) is 8.92. The van der Waals surface area contributed by atoms with E-state index in [2.05, 4.69) is 5.32 Å². The van der Waals surface area contributed by atoms with Crippen molar-refractivity contribution in [2.45, 2.75) is 18.9 Å². The molecule has 1 atom stereocenters. The van der Waals surface area contributed by atoms with Gasteiger partial charge in [0.05, 0.1) is 0 Å². The van der Waals surface area contributed by atoms with E-state index in [-0.39, 0.29) is 0 Å². The van der Waals surface area contributed by atoms with Gasteiger partial charge in [-0.1, -0.05) is 19.1 Å². The van der Waals surface area contributed by atoms with Crippen molar-refractivity contribution in [2.75, 3.05) is 27.2 Å². The maximum absolute atomic E-state index is 13.3. The van der Waals surface area contributed by atoms with Crippen molar-refractivity contribution < 1.29 is 14.3 Å². The summed E-state index contributed by atoms with van der Waals surface area (Å²) >= 11 is 0. The molecule has 0 fully saturated rings. The first-order valence-corrected chi connectivity index (χ1v) is 6.31. The van der Waals surface area contributed by atoms with Crippen molar-refractivity contribution in [3.05, 3.63) is 35.6 Å². The molecule has 0 saturated heterocycles. The number of rotatable bonds is 7. The Morgan fingerprint density at radius 2 is 2.16 bits per heavy atom. The van der Waals surface area contributed by atoms with Crippen LogP contribution in [0.15, 0.2) is 24.3 Å². The largest absolute Gasteiger partial charge is 0.480 e. The summed E-state index contributed by atoms with van der Waals surface area (Å²) in [6.45, 7) is 3.01. The molecule has 19 heavy (non-hydrogen) atoms. The number of carbonyl (C=O) groups is 1. The molecule has 5 heteroatoms. The summed E-state index contributed by atoms with van der Waals surface area (Å²) in [7, 11) is 3.83. The van der Waals surface area contributed by atoms with Crippen LogP contribution in [-0.2, 0) is 10.3 Å². The molecule has 2 N–H and O–H groups in total. The topological polar surface area (TPSA) is 52.6 Å². The zero-order valence-corrected chi connectivity index (χ0v) is 11.6. The zero-order valence-electron chi connectivity index (χ0n) is 11.6. The Bertz CT molecular complexity index is 437. The third-order valence-electron chi connectivity index (χ3n) is 3.20. The first-order valence-electron chi connectivity index (χ1n) is 6.31. The molecule has 0 spiro atoms. The van der Waals surface area contributed by atoms with E-state index in [1.807, 2.05) is 19.0 Å². The molecule has 1 aromatic rings. The number of halogens is 1. The number of carboxylic acid groups (broad SMARTS) is 1. The van der Waals surface area contributed by atoms with Crippen molar-refractivity contribution in [3.8, 4) is 0 Å². The highest BCUT2D eigenvalue weighted by molar-refractivity contribution is 5.80. The normalized spacial score (nSPS) is 14.4. The fourth-order valence-electron chi connectivity index (χ4n) is 2.03. The molecule has 0 aliphatic heterocycles. The van der Waals surface area contributed by atoms with Gasteiger partial charge in [0, 0.05) is 13.1 Å². The SMILES string of the molecule is CCC(NCCN(C)C)(C(=O)O)c1cccc(F)c1. The molecule has 4 nitrogen and oxygen atoms in total. The van der Waals surface area contributed by atoms with Gasteiger partial charge in [0.1, 0.15) is 11.4 Å². The fraction of sp³-hybridized carbons (Fsp3) is 0.500. The molecule has 0 amide bonds. The highest BCUT2D eigenvalue weighted by Gasteiger charge is 2.38. The minimum atomic E-state index is -1.24. The maximum Gasteiger partial charge on any atom is 0.328 e. The Hall–Kier alpha value is -1.46. The van der Waals surface area contributed by atoms with E-state index in [4.69, 9.17) is 0 Å². The molecule has 0 aliphatic carbocycles. The van der Waals surface area contributed by atoms with E-state index in [0.29, 0.717) is 25.1 Å². The summed E-state index contributed by atoms with van der Waals surface area (Å²) < 4.78 is 13.3. The average Bonchev–Trinajstić information content (AvgIpc) is 2.34. The third-order valence-corrected chi connectivity index (χ3v) is 3.20. The van der Waals surface area contributed by atoms with Crippen molar-refractivity contribution >= 4 is 5.97 Å². The molecule has 0 aliphatic rings. The van der Waals surface area contributed by atoms with Crippen molar-refractivity contribution in [3.63, 3.8) is 0 Å². The second-order valence-corrected chi connectivity index (χ2v) is 4.80. The van der Waals surface area contributed by atoms with E-state index in [9.17, 15) is 14.3 Å². The van der Waals surface area contributed by atoms with Gasteiger partial charge in [0.25, 0.3) is 0 Å². The Balaban J connectivity index is 3.02. The van der Waals surface area contributed by atoms with E-state index in [1.165, 1.54) is 18.2 Å². The lowest BCUT2D eigenvalue weighted by atomic mass is 9.87. The Morgan fingerprint density at radius 1 is 1.47 bits per heavy atom. The Kier molecular flexibility index (Phi) is 5.44. The Morgan fingerprint density at radius 3 is 2.63 bits per heavy atom. The minimum absolute atomic E-state index is 0.346. The van der Waals surface area contributed by atoms with Crippen molar-refractivity contribution in [1.29, 1.82) is 0 Å². The number of hydrogen-bond donors (Lipinski definition) is 2. The molecule has 0 heterocycles. The van der Waals surface area contributed by atoms with Crippen LogP contribution in [0.1, 0.15) is 18.9 Å². The van der Waals surface area contributed by atoms with Gasteiger partial charge in [-0.05, 0) is 38.2 Å². The van der Waals surface area contributed by atoms with Gasteiger partial charge in [-0.15, -0.1) is 0 Å². The molecule has 0 bridgehead atoms. The molecule has 0 aromatic heterocycles. The summed E-state index contributed by atoms with van der Waals surface area (Å²) in [4.78, 5) is 13.6. The van der Waals surface area contributed by atoms with Crippen molar-refractivity contribution in [1.82, 2.24) is 10.2 Å². The van der Waals surface area contributed by atoms with Gasteiger partial charge >= 0.3 is 5.97 Å².